The molecule has 1 spiro atoms. The molecule has 2 saturated heterocycles. The van der Waals surface area contributed by atoms with Gasteiger partial charge in [-0.25, -0.2) is 0 Å². The van der Waals surface area contributed by atoms with Gasteiger partial charge in [-0.3, -0.25) is 4.79 Å². The molecule has 2 aliphatic heterocycles. The van der Waals surface area contributed by atoms with Crippen molar-refractivity contribution in [3.63, 3.8) is 0 Å². The van der Waals surface area contributed by atoms with Crippen molar-refractivity contribution in [3.8, 4) is 0 Å². The van der Waals surface area contributed by atoms with Crippen molar-refractivity contribution in [3.05, 3.63) is 35.9 Å². The number of likely N-dealkylation sites (tertiary alicyclic amines) is 2. The fourth-order valence-corrected chi connectivity index (χ4v) is 3.83. The van der Waals surface area contributed by atoms with E-state index in [1.165, 1.54) is 18.4 Å². The first-order valence-corrected chi connectivity index (χ1v) is 7.58. The summed E-state index contributed by atoms with van der Waals surface area (Å²) >= 11 is 0. The van der Waals surface area contributed by atoms with E-state index in [1.807, 2.05) is 30.1 Å². The summed E-state index contributed by atoms with van der Waals surface area (Å²) in [5, 5.41) is 0. The summed E-state index contributed by atoms with van der Waals surface area (Å²) in [6, 6.07) is 10.3. The molecule has 0 radical (unpaired) electrons. The number of hydrogen-bond acceptors (Lipinski definition) is 2. The molecule has 2 heterocycles. The third-order valence-corrected chi connectivity index (χ3v) is 5.13. The van der Waals surface area contributed by atoms with Gasteiger partial charge in [0, 0.05) is 13.6 Å². The fourth-order valence-electron chi connectivity index (χ4n) is 3.83. The van der Waals surface area contributed by atoms with Gasteiger partial charge in [0.15, 0.2) is 0 Å². The maximum Gasteiger partial charge on any atom is 0.229 e. The minimum atomic E-state index is 0.0540. The lowest BCUT2D eigenvalue weighted by atomic mass is 9.68. The number of hydrogen-bond donors (Lipinski definition) is 0. The van der Waals surface area contributed by atoms with E-state index < -0.39 is 0 Å². The normalized spacial score (nSPS) is 27.0. The molecule has 0 aromatic heterocycles. The summed E-state index contributed by atoms with van der Waals surface area (Å²) in [4.78, 5) is 16.9. The van der Waals surface area contributed by atoms with E-state index in [1.54, 1.807) is 0 Å². The van der Waals surface area contributed by atoms with Crippen LogP contribution in [0.4, 0.5) is 0 Å². The van der Waals surface area contributed by atoms with E-state index in [-0.39, 0.29) is 5.92 Å². The molecule has 1 aromatic carbocycles. The summed E-state index contributed by atoms with van der Waals surface area (Å²) in [7, 11) is 4.16. The number of rotatable bonds is 1. The molecule has 0 bridgehead atoms. The Kier molecular flexibility index (Phi) is 3.55. The van der Waals surface area contributed by atoms with Gasteiger partial charge in [0.25, 0.3) is 0 Å². The van der Waals surface area contributed by atoms with Crippen molar-refractivity contribution in [1.29, 1.82) is 0 Å². The van der Waals surface area contributed by atoms with Crippen LogP contribution in [0.1, 0.15) is 30.7 Å². The highest BCUT2D eigenvalue weighted by Crippen LogP contribution is 2.44. The second-order valence-electron chi connectivity index (χ2n) is 6.66. The molecule has 3 nitrogen and oxygen atoms in total. The number of amides is 1. The van der Waals surface area contributed by atoms with Gasteiger partial charge in [-0.1, -0.05) is 30.3 Å². The average molecular weight is 272 g/mol. The van der Waals surface area contributed by atoms with E-state index in [0.717, 1.165) is 26.1 Å². The highest BCUT2D eigenvalue weighted by molar-refractivity contribution is 5.84. The van der Waals surface area contributed by atoms with Crippen molar-refractivity contribution in [2.75, 3.05) is 33.7 Å². The summed E-state index contributed by atoms with van der Waals surface area (Å²) in [6.07, 6.45) is 3.45. The first-order valence-electron chi connectivity index (χ1n) is 7.58. The zero-order valence-electron chi connectivity index (χ0n) is 12.5. The average Bonchev–Trinajstić information content (AvgIpc) is 2.47. The molecule has 0 saturated carbocycles. The highest BCUT2D eigenvalue weighted by Gasteiger charge is 2.44. The Labute approximate surface area is 121 Å². The zero-order valence-corrected chi connectivity index (χ0v) is 12.5. The maximum absolute atomic E-state index is 12.5. The monoisotopic (exact) mass is 272 g/mol. The SMILES string of the molecule is CN1CCC2(CC1)C[C@H](c1ccccc1)C(=O)N(C)C2. The number of piperidine rings is 2. The number of benzene rings is 1. The number of carbonyl (C=O) groups is 1. The molecule has 1 atom stereocenters. The lowest BCUT2D eigenvalue weighted by Gasteiger charge is -2.48. The summed E-state index contributed by atoms with van der Waals surface area (Å²) in [5.74, 6) is 0.346. The number of likely N-dealkylation sites (N-methyl/N-ethyl adjacent to an activating group) is 1. The molecule has 1 amide bonds. The summed E-state index contributed by atoms with van der Waals surface area (Å²) in [5.41, 5.74) is 1.51. The van der Waals surface area contributed by atoms with Crippen LogP contribution < -0.4 is 0 Å². The predicted octanol–water partition coefficient (Wildman–Crippen LogP) is 2.34. The van der Waals surface area contributed by atoms with Crippen LogP contribution in [0.5, 0.6) is 0 Å². The van der Waals surface area contributed by atoms with E-state index in [4.69, 9.17) is 0 Å². The smallest absolute Gasteiger partial charge is 0.229 e. The second kappa shape index (κ2) is 5.21. The highest BCUT2D eigenvalue weighted by atomic mass is 16.2. The minimum absolute atomic E-state index is 0.0540. The van der Waals surface area contributed by atoms with Crippen LogP contribution in [0.2, 0.25) is 0 Å². The Balaban J connectivity index is 1.85. The molecule has 108 valence electrons. The van der Waals surface area contributed by atoms with Gasteiger partial charge < -0.3 is 9.80 Å². The Morgan fingerprint density at radius 1 is 1.10 bits per heavy atom. The van der Waals surface area contributed by atoms with Crippen molar-refractivity contribution in [2.24, 2.45) is 5.41 Å². The van der Waals surface area contributed by atoms with Crippen molar-refractivity contribution >= 4 is 5.91 Å². The Bertz CT molecular complexity index is 477. The first kappa shape index (κ1) is 13.6. The van der Waals surface area contributed by atoms with Crippen LogP contribution in [0.15, 0.2) is 30.3 Å². The van der Waals surface area contributed by atoms with Gasteiger partial charge in [0.05, 0.1) is 5.92 Å². The lowest BCUT2D eigenvalue weighted by Crippen LogP contribution is -2.52. The Morgan fingerprint density at radius 2 is 1.75 bits per heavy atom. The van der Waals surface area contributed by atoms with E-state index in [9.17, 15) is 4.79 Å². The molecule has 2 fully saturated rings. The fraction of sp³-hybridized carbons (Fsp3) is 0.588. The van der Waals surface area contributed by atoms with E-state index >= 15 is 0 Å². The van der Waals surface area contributed by atoms with E-state index in [0.29, 0.717) is 11.3 Å². The zero-order chi connectivity index (χ0) is 14.2. The van der Waals surface area contributed by atoms with Gasteiger partial charge >= 0.3 is 0 Å². The molecule has 0 unspecified atom stereocenters. The molecular formula is C17H24N2O. The van der Waals surface area contributed by atoms with Gasteiger partial charge in [-0.2, -0.15) is 0 Å². The first-order chi connectivity index (χ1) is 9.60. The van der Waals surface area contributed by atoms with Crippen LogP contribution in [0.25, 0.3) is 0 Å². The molecule has 0 N–H and O–H groups in total. The maximum atomic E-state index is 12.5. The van der Waals surface area contributed by atoms with Crippen molar-refractivity contribution in [1.82, 2.24) is 9.80 Å². The third kappa shape index (κ3) is 2.47. The van der Waals surface area contributed by atoms with Gasteiger partial charge in [0.1, 0.15) is 0 Å². The molecule has 1 aromatic rings. The number of carbonyl (C=O) groups excluding carboxylic acids is 1. The largest absolute Gasteiger partial charge is 0.345 e. The van der Waals surface area contributed by atoms with E-state index in [2.05, 4.69) is 24.1 Å². The molecule has 3 rings (SSSR count). The predicted molar refractivity (Wildman–Crippen MR) is 80.6 cm³/mol. The van der Waals surface area contributed by atoms with Crippen LogP contribution in [0, 0.1) is 5.41 Å². The Morgan fingerprint density at radius 3 is 2.40 bits per heavy atom. The van der Waals surface area contributed by atoms with Crippen LogP contribution in [-0.4, -0.2) is 49.4 Å². The summed E-state index contributed by atoms with van der Waals surface area (Å²) < 4.78 is 0. The van der Waals surface area contributed by atoms with Gasteiger partial charge in [-0.15, -0.1) is 0 Å². The minimum Gasteiger partial charge on any atom is -0.345 e. The van der Waals surface area contributed by atoms with Crippen LogP contribution in [-0.2, 0) is 4.79 Å². The third-order valence-electron chi connectivity index (χ3n) is 5.13. The molecule has 20 heavy (non-hydrogen) atoms. The molecular weight excluding hydrogens is 248 g/mol. The Hall–Kier alpha value is -1.35. The lowest BCUT2D eigenvalue weighted by molar-refractivity contribution is -0.139. The van der Waals surface area contributed by atoms with Crippen LogP contribution >= 0.6 is 0 Å². The quantitative estimate of drug-likeness (QED) is 0.783. The number of nitrogens with zero attached hydrogens (tertiary/aromatic N) is 2. The van der Waals surface area contributed by atoms with Gasteiger partial charge in [-0.05, 0) is 50.4 Å². The standard InChI is InChI=1S/C17H24N2O/c1-18-10-8-17(9-11-18)12-15(16(20)19(2)13-17)14-6-4-3-5-7-14/h3-7,15H,8-13H2,1-2H3/t15-/m1/s1. The molecule has 2 aliphatic rings. The van der Waals surface area contributed by atoms with Crippen molar-refractivity contribution < 1.29 is 4.79 Å². The molecule has 0 aliphatic carbocycles. The topological polar surface area (TPSA) is 23.6 Å². The van der Waals surface area contributed by atoms with Gasteiger partial charge in [0.2, 0.25) is 5.91 Å². The van der Waals surface area contributed by atoms with Crippen LogP contribution in [0.3, 0.4) is 0 Å². The summed E-state index contributed by atoms with van der Waals surface area (Å²) in [6.45, 7) is 3.25. The molecule has 3 heteroatoms. The van der Waals surface area contributed by atoms with Crippen molar-refractivity contribution in [2.45, 2.75) is 25.2 Å². The second-order valence-corrected chi connectivity index (χ2v) is 6.66.